The average molecular weight is 237 g/mol. The summed E-state index contributed by atoms with van der Waals surface area (Å²) in [5, 5.41) is 0. The van der Waals surface area contributed by atoms with Gasteiger partial charge in [-0.1, -0.05) is 11.8 Å². The molecule has 0 fully saturated rings. The second-order valence-electron chi connectivity index (χ2n) is 3.51. The highest BCUT2D eigenvalue weighted by molar-refractivity contribution is 5.40. The lowest BCUT2D eigenvalue weighted by molar-refractivity contribution is 0.0702. The smallest absolute Gasteiger partial charge is 0.165 e. The summed E-state index contributed by atoms with van der Waals surface area (Å²) >= 11 is 0. The SMILES string of the molecule is COC(C)COc1cc(C#CCN)ccc1F. The molecule has 0 amide bonds. The molecule has 0 spiro atoms. The number of ether oxygens (including phenoxy) is 2. The molecule has 0 saturated heterocycles. The minimum atomic E-state index is -0.411. The zero-order chi connectivity index (χ0) is 12.7. The van der Waals surface area contributed by atoms with E-state index in [0.29, 0.717) is 12.2 Å². The van der Waals surface area contributed by atoms with E-state index in [2.05, 4.69) is 11.8 Å². The number of hydrogen-bond acceptors (Lipinski definition) is 3. The van der Waals surface area contributed by atoms with Gasteiger partial charge in [0.25, 0.3) is 0 Å². The van der Waals surface area contributed by atoms with Crippen LogP contribution in [0.2, 0.25) is 0 Å². The van der Waals surface area contributed by atoms with Crippen LogP contribution in [0.25, 0.3) is 0 Å². The predicted octanol–water partition coefficient (Wildman–Crippen LogP) is 1.55. The summed E-state index contributed by atoms with van der Waals surface area (Å²) in [7, 11) is 1.58. The van der Waals surface area contributed by atoms with Crippen molar-refractivity contribution in [2.24, 2.45) is 5.73 Å². The first kappa shape index (κ1) is 13.5. The van der Waals surface area contributed by atoms with Gasteiger partial charge in [0.05, 0.1) is 12.6 Å². The molecule has 17 heavy (non-hydrogen) atoms. The third-order valence-corrected chi connectivity index (χ3v) is 2.14. The van der Waals surface area contributed by atoms with Gasteiger partial charge in [0, 0.05) is 12.7 Å². The van der Waals surface area contributed by atoms with Crippen LogP contribution in [0, 0.1) is 17.7 Å². The Bertz CT molecular complexity index is 423. The van der Waals surface area contributed by atoms with Crippen LogP contribution in [0.15, 0.2) is 18.2 Å². The van der Waals surface area contributed by atoms with Crippen LogP contribution in [0.4, 0.5) is 4.39 Å². The van der Waals surface area contributed by atoms with E-state index in [0.717, 1.165) is 0 Å². The van der Waals surface area contributed by atoms with Crippen LogP contribution in [0.5, 0.6) is 5.75 Å². The maximum Gasteiger partial charge on any atom is 0.165 e. The third-order valence-electron chi connectivity index (χ3n) is 2.14. The number of rotatable bonds is 4. The van der Waals surface area contributed by atoms with Crippen molar-refractivity contribution < 1.29 is 13.9 Å². The Hall–Kier alpha value is -1.57. The van der Waals surface area contributed by atoms with E-state index < -0.39 is 5.82 Å². The second-order valence-corrected chi connectivity index (χ2v) is 3.51. The van der Waals surface area contributed by atoms with Gasteiger partial charge in [0.1, 0.15) is 6.61 Å². The molecule has 1 atom stereocenters. The zero-order valence-corrected chi connectivity index (χ0v) is 10.00. The standard InChI is InChI=1S/C13H16FNO2/c1-10(16-2)9-17-13-8-11(4-3-7-15)5-6-12(13)14/h5-6,8,10H,7,9,15H2,1-2H3. The van der Waals surface area contributed by atoms with Gasteiger partial charge < -0.3 is 15.2 Å². The van der Waals surface area contributed by atoms with Crippen molar-refractivity contribution in [2.45, 2.75) is 13.0 Å². The predicted molar refractivity (Wildman–Crippen MR) is 64.3 cm³/mol. The van der Waals surface area contributed by atoms with E-state index >= 15 is 0 Å². The van der Waals surface area contributed by atoms with E-state index in [4.69, 9.17) is 15.2 Å². The average Bonchev–Trinajstić information content (AvgIpc) is 2.35. The van der Waals surface area contributed by atoms with Gasteiger partial charge in [-0.05, 0) is 25.1 Å². The quantitative estimate of drug-likeness (QED) is 0.808. The van der Waals surface area contributed by atoms with Crippen LogP contribution in [0.3, 0.4) is 0 Å². The molecule has 0 radical (unpaired) electrons. The number of methoxy groups -OCH3 is 1. The van der Waals surface area contributed by atoms with Crippen LogP contribution in [0.1, 0.15) is 12.5 Å². The van der Waals surface area contributed by atoms with Crippen molar-refractivity contribution in [3.63, 3.8) is 0 Å². The summed E-state index contributed by atoms with van der Waals surface area (Å²) in [4.78, 5) is 0. The highest BCUT2D eigenvalue weighted by atomic mass is 19.1. The van der Waals surface area contributed by atoms with Crippen LogP contribution >= 0.6 is 0 Å². The maximum absolute atomic E-state index is 13.4. The number of halogens is 1. The molecule has 1 rings (SSSR count). The molecule has 0 aliphatic carbocycles. The van der Waals surface area contributed by atoms with Gasteiger partial charge in [-0.3, -0.25) is 0 Å². The van der Waals surface area contributed by atoms with Crippen molar-refractivity contribution in [3.8, 4) is 17.6 Å². The Morgan fingerprint density at radius 2 is 2.24 bits per heavy atom. The molecule has 92 valence electrons. The fourth-order valence-corrected chi connectivity index (χ4v) is 1.12. The summed E-state index contributed by atoms with van der Waals surface area (Å²) in [6.45, 7) is 2.41. The fraction of sp³-hybridized carbons (Fsp3) is 0.385. The Labute approximate surface area is 101 Å². The molecule has 3 nitrogen and oxygen atoms in total. The lowest BCUT2D eigenvalue weighted by Crippen LogP contribution is -2.16. The van der Waals surface area contributed by atoms with Crippen LogP contribution in [-0.4, -0.2) is 26.4 Å². The molecular formula is C13H16FNO2. The van der Waals surface area contributed by atoms with E-state index in [1.165, 1.54) is 6.07 Å². The third kappa shape index (κ3) is 4.43. The molecule has 4 heteroatoms. The minimum absolute atomic E-state index is 0.0896. The van der Waals surface area contributed by atoms with Crippen molar-refractivity contribution in [3.05, 3.63) is 29.6 Å². The normalized spacial score (nSPS) is 11.5. The Kier molecular flexibility index (Phi) is 5.47. The monoisotopic (exact) mass is 237 g/mol. The first-order chi connectivity index (χ1) is 8.17. The zero-order valence-electron chi connectivity index (χ0n) is 10.00. The molecule has 0 heterocycles. The van der Waals surface area contributed by atoms with Gasteiger partial charge in [0.2, 0.25) is 0 Å². The van der Waals surface area contributed by atoms with E-state index in [-0.39, 0.29) is 18.4 Å². The largest absolute Gasteiger partial charge is 0.488 e. The second kappa shape index (κ2) is 6.89. The number of benzene rings is 1. The molecule has 0 aromatic heterocycles. The summed E-state index contributed by atoms with van der Waals surface area (Å²) in [5.41, 5.74) is 5.94. The van der Waals surface area contributed by atoms with E-state index in [1.807, 2.05) is 6.92 Å². The van der Waals surface area contributed by atoms with Crippen LogP contribution < -0.4 is 10.5 Å². The molecule has 1 unspecified atom stereocenters. The van der Waals surface area contributed by atoms with Crippen molar-refractivity contribution >= 4 is 0 Å². The maximum atomic E-state index is 13.4. The summed E-state index contributed by atoms with van der Waals surface area (Å²) in [5.74, 6) is 5.29. The lowest BCUT2D eigenvalue weighted by Gasteiger charge is -2.12. The Morgan fingerprint density at radius 1 is 1.47 bits per heavy atom. The van der Waals surface area contributed by atoms with Gasteiger partial charge in [-0.2, -0.15) is 0 Å². The summed E-state index contributed by atoms with van der Waals surface area (Å²) < 4.78 is 23.7. The van der Waals surface area contributed by atoms with E-state index in [1.54, 1.807) is 19.2 Å². The van der Waals surface area contributed by atoms with E-state index in [9.17, 15) is 4.39 Å². The Morgan fingerprint density at radius 3 is 2.88 bits per heavy atom. The Balaban J connectivity index is 2.76. The van der Waals surface area contributed by atoms with Gasteiger partial charge in [-0.15, -0.1) is 0 Å². The molecular weight excluding hydrogens is 221 g/mol. The first-order valence-corrected chi connectivity index (χ1v) is 5.31. The molecule has 1 aromatic carbocycles. The van der Waals surface area contributed by atoms with Gasteiger partial charge in [-0.25, -0.2) is 4.39 Å². The van der Waals surface area contributed by atoms with Crippen molar-refractivity contribution in [2.75, 3.05) is 20.3 Å². The lowest BCUT2D eigenvalue weighted by atomic mass is 10.2. The highest BCUT2D eigenvalue weighted by Gasteiger charge is 2.06. The highest BCUT2D eigenvalue weighted by Crippen LogP contribution is 2.18. The molecule has 0 bridgehead atoms. The number of hydrogen-bond donors (Lipinski definition) is 1. The molecule has 0 saturated carbocycles. The molecule has 0 aliphatic rings. The first-order valence-electron chi connectivity index (χ1n) is 5.31. The summed E-state index contributed by atoms with van der Waals surface area (Å²) in [6, 6.07) is 4.47. The molecule has 1 aromatic rings. The number of nitrogens with two attached hydrogens (primary N) is 1. The van der Waals surface area contributed by atoms with Gasteiger partial charge >= 0.3 is 0 Å². The van der Waals surface area contributed by atoms with Crippen molar-refractivity contribution in [1.29, 1.82) is 0 Å². The molecule has 2 N–H and O–H groups in total. The van der Waals surface area contributed by atoms with Crippen molar-refractivity contribution in [1.82, 2.24) is 0 Å². The minimum Gasteiger partial charge on any atom is -0.488 e. The topological polar surface area (TPSA) is 44.5 Å². The summed E-state index contributed by atoms with van der Waals surface area (Å²) in [6.07, 6.45) is -0.0896. The fourth-order valence-electron chi connectivity index (χ4n) is 1.12. The van der Waals surface area contributed by atoms with Crippen LogP contribution in [-0.2, 0) is 4.74 Å². The van der Waals surface area contributed by atoms with Gasteiger partial charge in [0.15, 0.2) is 11.6 Å². The molecule has 0 aliphatic heterocycles.